The number of allylic oxidation sites excluding steroid dienone is 1. The smallest absolute Gasteiger partial charge is 0.186 e. The van der Waals surface area contributed by atoms with Crippen molar-refractivity contribution in [1.82, 2.24) is 0 Å². The molecule has 20 heavy (non-hydrogen) atoms. The van der Waals surface area contributed by atoms with Crippen molar-refractivity contribution < 1.29 is 9.53 Å². The molecule has 2 nitrogen and oxygen atoms in total. The lowest BCUT2D eigenvalue weighted by Crippen LogP contribution is -1.96. The third kappa shape index (κ3) is 3.75. The molecule has 0 aliphatic carbocycles. The van der Waals surface area contributed by atoms with Crippen LogP contribution in [0.2, 0.25) is 0 Å². The summed E-state index contributed by atoms with van der Waals surface area (Å²) in [6.07, 6.45) is 5.40. The number of halogens is 1. The molecule has 0 spiro atoms. The average Bonchev–Trinajstić information content (AvgIpc) is 2.89. The summed E-state index contributed by atoms with van der Waals surface area (Å²) in [6.45, 7) is 0. The first-order valence-corrected chi connectivity index (χ1v) is 8.72. The number of hydrogen-bond acceptors (Lipinski definition) is 4. The quantitative estimate of drug-likeness (QED) is 0.415. The molecule has 0 aliphatic heterocycles. The van der Waals surface area contributed by atoms with Crippen LogP contribution in [-0.2, 0) is 0 Å². The van der Waals surface area contributed by atoms with E-state index in [4.69, 9.17) is 4.74 Å². The van der Waals surface area contributed by atoms with Gasteiger partial charge in [0.05, 0.1) is 7.11 Å². The van der Waals surface area contributed by atoms with E-state index in [0.717, 1.165) is 20.0 Å². The third-order valence-corrected chi connectivity index (χ3v) is 5.09. The number of ketones is 1. The lowest BCUT2D eigenvalue weighted by Gasteiger charge is -2.07. The molecule has 2 aromatic rings. The predicted octanol–water partition coefficient (Wildman–Crippen LogP) is 5.14. The van der Waals surface area contributed by atoms with E-state index in [2.05, 4.69) is 15.9 Å². The highest BCUT2D eigenvalue weighted by Gasteiger charge is 2.07. The van der Waals surface area contributed by atoms with Gasteiger partial charge in [-0.2, -0.15) is 0 Å². The minimum Gasteiger partial charge on any atom is -0.496 e. The van der Waals surface area contributed by atoms with Crippen molar-refractivity contribution in [3.63, 3.8) is 0 Å². The van der Waals surface area contributed by atoms with Crippen LogP contribution in [0.3, 0.4) is 0 Å². The number of thiophene rings is 1. The van der Waals surface area contributed by atoms with Gasteiger partial charge in [0.1, 0.15) is 5.75 Å². The van der Waals surface area contributed by atoms with Crippen LogP contribution in [0.25, 0.3) is 6.08 Å². The number of thioether (sulfide) groups is 1. The minimum absolute atomic E-state index is 0.0273. The summed E-state index contributed by atoms with van der Waals surface area (Å²) < 4.78 is 6.32. The maximum atomic E-state index is 12.1. The fraction of sp³-hybridized carbons (Fsp3) is 0.133. The van der Waals surface area contributed by atoms with E-state index in [9.17, 15) is 4.79 Å². The first-order valence-electron chi connectivity index (χ1n) is 5.82. The molecule has 0 bridgehead atoms. The van der Waals surface area contributed by atoms with E-state index in [0.29, 0.717) is 5.56 Å². The van der Waals surface area contributed by atoms with Gasteiger partial charge >= 0.3 is 0 Å². The number of hydrogen-bond donors (Lipinski definition) is 0. The van der Waals surface area contributed by atoms with Gasteiger partial charge in [0.2, 0.25) is 0 Å². The van der Waals surface area contributed by atoms with Crippen molar-refractivity contribution in [3.8, 4) is 5.75 Å². The molecule has 1 aromatic heterocycles. The first-order chi connectivity index (χ1) is 9.63. The van der Waals surface area contributed by atoms with Crippen molar-refractivity contribution in [1.29, 1.82) is 0 Å². The molecule has 0 N–H and O–H groups in total. The van der Waals surface area contributed by atoms with Crippen LogP contribution in [0, 0.1) is 0 Å². The Hall–Kier alpha value is -1.04. The van der Waals surface area contributed by atoms with E-state index < -0.39 is 0 Å². The zero-order valence-corrected chi connectivity index (χ0v) is 14.3. The highest BCUT2D eigenvalue weighted by atomic mass is 79.9. The summed E-state index contributed by atoms with van der Waals surface area (Å²) in [5.41, 5.74) is 0.631. The molecule has 2 rings (SSSR count). The zero-order valence-electron chi connectivity index (χ0n) is 11.1. The van der Waals surface area contributed by atoms with Gasteiger partial charge in [-0.25, -0.2) is 0 Å². The van der Waals surface area contributed by atoms with E-state index in [1.165, 1.54) is 0 Å². The highest BCUT2D eigenvalue weighted by Crippen LogP contribution is 2.28. The minimum atomic E-state index is -0.0273. The summed E-state index contributed by atoms with van der Waals surface area (Å²) in [5.74, 6) is 0.705. The second-order valence-corrected chi connectivity index (χ2v) is 6.64. The molecule has 0 saturated heterocycles. The van der Waals surface area contributed by atoms with Crippen LogP contribution < -0.4 is 4.74 Å². The normalized spacial score (nSPS) is 10.9. The molecule has 104 valence electrons. The maximum Gasteiger partial charge on any atom is 0.186 e. The summed E-state index contributed by atoms with van der Waals surface area (Å²) in [7, 11) is 1.61. The molecule has 0 fully saturated rings. The van der Waals surface area contributed by atoms with Gasteiger partial charge in [0.15, 0.2) is 5.78 Å². The van der Waals surface area contributed by atoms with Crippen LogP contribution in [0.4, 0.5) is 0 Å². The molecule has 1 heterocycles. The summed E-state index contributed by atoms with van der Waals surface area (Å²) in [5, 5.41) is 1.99. The molecular formula is C15H13BrO2S2. The maximum absolute atomic E-state index is 12.1. The Bertz CT molecular complexity index is 647. The Balaban J connectivity index is 2.19. The van der Waals surface area contributed by atoms with Gasteiger partial charge in [0.25, 0.3) is 0 Å². The molecule has 0 amide bonds. The number of benzene rings is 1. The summed E-state index contributed by atoms with van der Waals surface area (Å²) in [4.78, 5) is 14.2. The van der Waals surface area contributed by atoms with Crippen LogP contribution in [0.1, 0.15) is 15.2 Å². The van der Waals surface area contributed by atoms with Gasteiger partial charge in [-0.05, 0) is 58.6 Å². The van der Waals surface area contributed by atoms with Crippen molar-refractivity contribution in [2.45, 2.75) is 4.90 Å². The lowest BCUT2D eigenvalue weighted by molar-refractivity contribution is 0.104. The Kier molecular flexibility index (Phi) is 5.46. The number of carbonyl (C=O) groups excluding carboxylic acids is 1. The van der Waals surface area contributed by atoms with Crippen molar-refractivity contribution in [2.24, 2.45) is 0 Å². The Morgan fingerprint density at radius 3 is 2.80 bits per heavy atom. The topological polar surface area (TPSA) is 26.3 Å². The van der Waals surface area contributed by atoms with Crippen molar-refractivity contribution >= 4 is 50.9 Å². The zero-order chi connectivity index (χ0) is 14.5. The predicted molar refractivity (Wildman–Crippen MR) is 90.2 cm³/mol. The molecule has 5 heteroatoms. The van der Waals surface area contributed by atoms with Crippen LogP contribution in [0.5, 0.6) is 5.75 Å². The number of ether oxygens (including phenoxy) is 1. The SMILES string of the molecule is COc1cc(C(=O)/C=C/c2cc(Br)cs2)ccc1SC. The molecule has 0 saturated carbocycles. The second-order valence-electron chi connectivity index (χ2n) is 3.93. The standard InChI is InChI=1S/C15H13BrO2S2/c1-18-14-7-10(3-6-15(14)19-2)13(17)5-4-12-8-11(16)9-20-12/h3-9H,1-2H3/b5-4+. The van der Waals surface area contributed by atoms with Gasteiger partial charge < -0.3 is 4.74 Å². The monoisotopic (exact) mass is 368 g/mol. The van der Waals surface area contributed by atoms with Crippen molar-refractivity contribution in [3.05, 3.63) is 50.6 Å². The first kappa shape index (κ1) is 15.4. The van der Waals surface area contributed by atoms with Crippen LogP contribution in [-0.4, -0.2) is 19.1 Å². The number of carbonyl (C=O) groups is 1. The van der Waals surface area contributed by atoms with E-state index in [1.807, 2.05) is 35.9 Å². The Morgan fingerprint density at radius 2 is 2.20 bits per heavy atom. The fourth-order valence-electron chi connectivity index (χ4n) is 1.66. The highest BCUT2D eigenvalue weighted by molar-refractivity contribution is 9.10. The number of rotatable bonds is 5. The van der Waals surface area contributed by atoms with E-state index in [1.54, 1.807) is 42.4 Å². The number of methoxy groups -OCH3 is 1. The van der Waals surface area contributed by atoms with E-state index in [-0.39, 0.29) is 5.78 Å². The summed E-state index contributed by atoms with van der Waals surface area (Å²) in [6, 6.07) is 7.49. The molecule has 1 aromatic carbocycles. The van der Waals surface area contributed by atoms with Gasteiger partial charge in [0, 0.05) is 25.2 Å². The lowest BCUT2D eigenvalue weighted by atomic mass is 10.1. The van der Waals surface area contributed by atoms with Gasteiger partial charge in [-0.15, -0.1) is 23.1 Å². The third-order valence-electron chi connectivity index (χ3n) is 2.65. The molecule has 0 radical (unpaired) electrons. The largest absolute Gasteiger partial charge is 0.496 e. The average molecular weight is 369 g/mol. The molecular weight excluding hydrogens is 356 g/mol. The molecule has 0 atom stereocenters. The Labute approximate surface area is 135 Å². The van der Waals surface area contributed by atoms with Crippen LogP contribution in [0.15, 0.2) is 45.1 Å². The Morgan fingerprint density at radius 1 is 1.40 bits per heavy atom. The summed E-state index contributed by atoms with van der Waals surface area (Å²) >= 11 is 6.57. The van der Waals surface area contributed by atoms with E-state index >= 15 is 0 Å². The van der Waals surface area contributed by atoms with Gasteiger partial charge in [-0.3, -0.25) is 4.79 Å². The molecule has 0 aliphatic rings. The molecule has 0 unspecified atom stereocenters. The van der Waals surface area contributed by atoms with Crippen molar-refractivity contribution in [2.75, 3.05) is 13.4 Å². The van der Waals surface area contributed by atoms with Gasteiger partial charge in [-0.1, -0.05) is 0 Å². The fourth-order valence-corrected chi connectivity index (χ4v) is 3.54. The van der Waals surface area contributed by atoms with Crippen LogP contribution >= 0.6 is 39.0 Å². The second kappa shape index (κ2) is 7.11.